The molecular weight excluding hydrogens is 335 g/mol. The maximum Gasteiger partial charge on any atom is 0.224 e. The number of nitrogens with zero attached hydrogens (tertiary/aromatic N) is 2. The largest absolute Gasteiger partial charge is 0.384 e. The van der Waals surface area contributed by atoms with E-state index in [2.05, 4.69) is 20.5 Å². The summed E-state index contributed by atoms with van der Waals surface area (Å²) in [6.45, 7) is 6.47. The molecule has 0 radical (unpaired) electrons. The summed E-state index contributed by atoms with van der Waals surface area (Å²) in [7, 11) is 1.73. The molecule has 1 aromatic rings. The highest BCUT2D eigenvalue weighted by molar-refractivity contribution is 5.80. The van der Waals surface area contributed by atoms with Crippen LogP contribution in [0.4, 0.5) is 4.39 Å². The summed E-state index contributed by atoms with van der Waals surface area (Å²) in [6, 6.07) is 6.10. The fourth-order valence-corrected chi connectivity index (χ4v) is 3.07. The number of amides is 1. The van der Waals surface area contributed by atoms with E-state index in [0.717, 1.165) is 38.6 Å². The Hall–Kier alpha value is -2.15. The molecule has 1 aromatic carbocycles. The quantitative estimate of drug-likeness (QED) is 0.416. The van der Waals surface area contributed by atoms with Gasteiger partial charge in [0.15, 0.2) is 5.96 Å². The topological polar surface area (TPSA) is 66.0 Å². The molecule has 1 amide bonds. The first-order chi connectivity index (χ1) is 12.6. The predicted molar refractivity (Wildman–Crippen MR) is 101 cm³/mol. The summed E-state index contributed by atoms with van der Waals surface area (Å²) in [4.78, 5) is 18.8. The maximum absolute atomic E-state index is 13.1. The molecule has 1 unspecified atom stereocenters. The van der Waals surface area contributed by atoms with Gasteiger partial charge >= 0.3 is 0 Å². The van der Waals surface area contributed by atoms with Crippen LogP contribution in [0.3, 0.4) is 0 Å². The van der Waals surface area contributed by atoms with Gasteiger partial charge in [0.1, 0.15) is 5.82 Å². The second-order valence-corrected chi connectivity index (χ2v) is 6.45. The van der Waals surface area contributed by atoms with Crippen molar-refractivity contribution in [2.75, 3.05) is 46.4 Å². The van der Waals surface area contributed by atoms with Crippen LogP contribution in [0.25, 0.3) is 0 Å². The number of aliphatic imine (C=N–C) groups is 1. The highest BCUT2D eigenvalue weighted by Crippen LogP contribution is 2.16. The zero-order valence-corrected chi connectivity index (χ0v) is 15.6. The van der Waals surface area contributed by atoms with Gasteiger partial charge in [-0.2, -0.15) is 0 Å². The van der Waals surface area contributed by atoms with Crippen LogP contribution < -0.4 is 10.6 Å². The summed E-state index contributed by atoms with van der Waals surface area (Å²) < 4.78 is 18.4. The number of ether oxygens (including phenoxy) is 1. The van der Waals surface area contributed by atoms with Crippen molar-refractivity contribution in [3.8, 4) is 0 Å². The van der Waals surface area contributed by atoms with Gasteiger partial charge in [-0.25, -0.2) is 4.39 Å². The van der Waals surface area contributed by atoms with Crippen molar-refractivity contribution in [3.63, 3.8) is 0 Å². The minimum atomic E-state index is -0.326. The van der Waals surface area contributed by atoms with Crippen molar-refractivity contribution >= 4 is 11.9 Å². The van der Waals surface area contributed by atoms with Gasteiger partial charge in [0, 0.05) is 39.2 Å². The summed E-state index contributed by atoms with van der Waals surface area (Å²) in [5.41, 5.74) is 0.667. The zero-order valence-electron chi connectivity index (χ0n) is 15.6. The monoisotopic (exact) mass is 364 g/mol. The number of carbonyl (C=O) groups is 1. The Kier molecular flexibility index (Phi) is 8.34. The van der Waals surface area contributed by atoms with Crippen molar-refractivity contribution in [3.05, 3.63) is 35.6 Å². The first-order valence-corrected chi connectivity index (χ1v) is 9.15. The molecule has 144 valence electrons. The van der Waals surface area contributed by atoms with E-state index in [1.54, 1.807) is 19.2 Å². The van der Waals surface area contributed by atoms with Crippen LogP contribution in [-0.4, -0.2) is 63.2 Å². The summed E-state index contributed by atoms with van der Waals surface area (Å²) in [5.74, 6) is 0.963. The number of likely N-dealkylation sites (tertiary alicyclic amines) is 1. The van der Waals surface area contributed by atoms with Gasteiger partial charge in [-0.3, -0.25) is 9.79 Å². The van der Waals surface area contributed by atoms with Crippen LogP contribution in [-0.2, 0) is 16.0 Å². The second-order valence-electron chi connectivity index (χ2n) is 6.45. The predicted octanol–water partition coefficient (Wildman–Crippen LogP) is 1.42. The molecule has 26 heavy (non-hydrogen) atoms. The molecule has 2 N–H and O–H groups in total. The summed E-state index contributed by atoms with van der Waals surface area (Å²) in [5, 5.41) is 6.14. The van der Waals surface area contributed by atoms with Crippen molar-refractivity contribution in [1.29, 1.82) is 0 Å². The van der Waals surface area contributed by atoms with E-state index in [4.69, 9.17) is 4.74 Å². The highest BCUT2D eigenvalue weighted by Gasteiger charge is 2.24. The van der Waals surface area contributed by atoms with Crippen molar-refractivity contribution in [2.45, 2.75) is 19.8 Å². The van der Waals surface area contributed by atoms with Crippen molar-refractivity contribution in [1.82, 2.24) is 15.5 Å². The first kappa shape index (κ1) is 20.2. The lowest BCUT2D eigenvalue weighted by molar-refractivity contribution is -0.120. The number of hydrogen-bond donors (Lipinski definition) is 2. The van der Waals surface area contributed by atoms with E-state index in [1.165, 1.54) is 12.1 Å². The third-order valence-electron chi connectivity index (χ3n) is 4.27. The van der Waals surface area contributed by atoms with Crippen LogP contribution in [0, 0.1) is 11.7 Å². The van der Waals surface area contributed by atoms with Crippen molar-refractivity contribution < 1.29 is 13.9 Å². The lowest BCUT2D eigenvalue weighted by atomic mass is 10.1. The number of hydrogen-bond acceptors (Lipinski definition) is 3. The van der Waals surface area contributed by atoms with Crippen LogP contribution in [0.1, 0.15) is 18.9 Å². The normalized spacial score (nSPS) is 17.4. The number of methoxy groups -OCH3 is 1. The second kappa shape index (κ2) is 10.8. The lowest BCUT2D eigenvalue weighted by Crippen LogP contribution is -2.41. The van der Waals surface area contributed by atoms with E-state index in [9.17, 15) is 9.18 Å². The SMILES string of the molecule is CCNC(=NCCNC(=O)Cc1cccc(F)c1)N1CCC(COC)C1. The molecular formula is C19H29FN4O2. The molecule has 0 bridgehead atoms. The van der Waals surface area contributed by atoms with Gasteiger partial charge < -0.3 is 20.3 Å². The number of carbonyl (C=O) groups excluding carboxylic acids is 1. The maximum atomic E-state index is 13.1. The molecule has 1 fully saturated rings. The van der Waals surface area contributed by atoms with E-state index < -0.39 is 0 Å². The van der Waals surface area contributed by atoms with Crippen LogP contribution in [0.2, 0.25) is 0 Å². The Bertz CT molecular complexity index is 609. The molecule has 1 atom stereocenters. The van der Waals surface area contributed by atoms with Gasteiger partial charge in [0.05, 0.1) is 19.6 Å². The van der Waals surface area contributed by atoms with Gasteiger partial charge in [0.2, 0.25) is 5.91 Å². The Balaban J connectivity index is 1.76. The van der Waals surface area contributed by atoms with E-state index in [1.807, 2.05) is 6.92 Å². The Labute approximate surface area is 154 Å². The summed E-state index contributed by atoms with van der Waals surface area (Å²) >= 11 is 0. The van der Waals surface area contributed by atoms with Gasteiger partial charge in [-0.1, -0.05) is 12.1 Å². The number of guanidine groups is 1. The molecule has 0 aromatic heterocycles. The number of halogens is 1. The van der Waals surface area contributed by atoms with E-state index in [0.29, 0.717) is 24.6 Å². The Morgan fingerprint density at radius 1 is 1.42 bits per heavy atom. The average Bonchev–Trinajstić information content (AvgIpc) is 3.06. The average molecular weight is 364 g/mol. The Morgan fingerprint density at radius 3 is 3.00 bits per heavy atom. The molecule has 0 aliphatic carbocycles. The van der Waals surface area contributed by atoms with Crippen molar-refractivity contribution in [2.24, 2.45) is 10.9 Å². The molecule has 1 saturated heterocycles. The van der Waals surface area contributed by atoms with Gasteiger partial charge in [-0.05, 0) is 31.0 Å². The molecule has 1 aliphatic rings. The number of nitrogens with one attached hydrogen (secondary N) is 2. The van der Waals surface area contributed by atoms with E-state index in [-0.39, 0.29) is 18.1 Å². The molecule has 1 aliphatic heterocycles. The third-order valence-corrected chi connectivity index (χ3v) is 4.27. The fraction of sp³-hybridized carbons (Fsp3) is 0.579. The molecule has 6 nitrogen and oxygen atoms in total. The standard InChI is InChI=1S/C19H29FN4O2/c1-3-21-19(24-10-7-16(13-24)14-26-2)23-9-8-22-18(25)12-15-5-4-6-17(20)11-15/h4-6,11,16H,3,7-10,12-14H2,1-2H3,(H,21,23)(H,22,25). The van der Waals surface area contributed by atoms with Crippen LogP contribution in [0.5, 0.6) is 0 Å². The highest BCUT2D eigenvalue weighted by atomic mass is 19.1. The van der Waals surface area contributed by atoms with Gasteiger partial charge in [-0.15, -0.1) is 0 Å². The Morgan fingerprint density at radius 2 is 2.27 bits per heavy atom. The van der Waals surface area contributed by atoms with Crippen LogP contribution >= 0.6 is 0 Å². The molecule has 0 spiro atoms. The minimum absolute atomic E-state index is 0.128. The molecule has 0 saturated carbocycles. The zero-order chi connectivity index (χ0) is 18.8. The number of benzene rings is 1. The smallest absolute Gasteiger partial charge is 0.224 e. The van der Waals surface area contributed by atoms with Crippen LogP contribution in [0.15, 0.2) is 29.3 Å². The van der Waals surface area contributed by atoms with Gasteiger partial charge in [0.25, 0.3) is 0 Å². The molecule has 7 heteroatoms. The number of rotatable bonds is 8. The summed E-state index contributed by atoms with van der Waals surface area (Å²) in [6.07, 6.45) is 1.27. The minimum Gasteiger partial charge on any atom is -0.384 e. The fourth-order valence-electron chi connectivity index (χ4n) is 3.07. The van der Waals surface area contributed by atoms with E-state index >= 15 is 0 Å². The lowest BCUT2D eigenvalue weighted by Gasteiger charge is -2.21. The third kappa shape index (κ3) is 6.63. The molecule has 2 rings (SSSR count). The first-order valence-electron chi connectivity index (χ1n) is 9.15. The molecule has 1 heterocycles.